The number of benzene rings is 2. The molecule has 0 N–H and O–H groups in total. The van der Waals surface area contributed by atoms with Gasteiger partial charge in [0.05, 0.1) is 43.3 Å². The highest BCUT2D eigenvalue weighted by atomic mass is 79.9. The molecular formula is C19H15BrO6. The third-order valence-corrected chi connectivity index (χ3v) is 5.11. The highest BCUT2D eigenvalue weighted by Gasteiger charge is 2.38. The van der Waals surface area contributed by atoms with Gasteiger partial charge in [-0.1, -0.05) is 24.3 Å². The summed E-state index contributed by atoms with van der Waals surface area (Å²) in [5, 5.41) is 0. The van der Waals surface area contributed by atoms with Gasteiger partial charge in [-0.3, -0.25) is 14.4 Å². The normalized spacial score (nSPS) is 12.3. The Labute approximate surface area is 158 Å². The molecule has 6 nitrogen and oxygen atoms in total. The lowest BCUT2D eigenvalue weighted by molar-refractivity contribution is -0.139. The standard InChI is InChI=1S/C19H15BrO6/c1-24-12(21)8-11-15(20)19(26-3)14-13(18(11)25-2)16(22)9-6-4-5-7-10(9)17(14)23/h4-7H,8H2,1-3H3. The van der Waals surface area contributed by atoms with Crippen LogP contribution in [0.25, 0.3) is 0 Å². The van der Waals surface area contributed by atoms with Crippen LogP contribution in [0.5, 0.6) is 11.5 Å². The van der Waals surface area contributed by atoms with Crippen molar-refractivity contribution in [3.8, 4) is 11.5 Å². The molecule has 3 rings (SSSR count). The molecule has 134 valence electrons. The Morgan fingerprint density at radius 2 is 1.42 bits per heavy atom. The van der Waals surface area contributed by atoms with Crippen molar-refractivity contribution in [3.05, 3.63) is 56.6 Å². The van der Waals surface area contributed by atoms with E-state index in [0.717, 1.165) is 0 Å². The van der Waals surface area contributed by atoms with Crippen molar-refractivity contribution in [2.75, 3.05) is 21.3 Å². The van der Waals surface area contributed by atoms with Crippen LogP contribution in [0.2, 0.25) is 0 Å². The molecule has 0 aromatic heterocycles. The molecule has 1 aliphatic rings. The van der Waals surface area contributed by atoms with Gasteiger partial charge in [-0.2, -0.15) is 0 Å². The summed E-state index contributed by atoms with van der Waals surface area (Å²) in [7, 11) is 4.05. The van der Waals surface area contributed by atoms with Crippen LogP contribution >= 0.6 is 15.9 Å². The average molecular weight is 419 g/mol. The van der Waals surface area contributed by atoms with E-state index in [-0.39, 0.29) is 46.2 Å². The second-order valence-corrected chi connectivity index (χ2v) is 6.36. The molecule has 0 spiro atoms. The van der Waals surface area contributed by atoms with Crippen LogP contribution in [-0.2, 0) is 16.0 Å². The third kappa shape index (κ3) is 2.59. The maximum Gasteiger partial charge on any atom is 0.310 e. The van der Waals surface area contributed by atoms with E-state index < -0.39 is 5.97 Å². The van der Waals surface area contributed by atoms with E-state index in [1.165, 1.54) is 21.3 Å². The van der Waals surface area contributed by atoms with Gasteiger partial charge in [-0.25, -0.2) is 0 Å². The third-order valence-electron chi connectivity index (χ3n) is 4.27. The predicted molar refractivity (Wildman–Crippen MR) is 96.3 cm³/mol. The van der Waals surface area contributed by atoms with Crippen molar-refractivity contribution < 1.29 is 28.6 Å². The van der Waals surface area contributed by atoms with Crippen molar-refractivity contribution in [2.45, 2.75) is 6.42 Å². The molecule has 0 saturated heterocycles. The van der Waals surface area contributed by atoms with Gasteiger partial charge in [0.15, 0.2) is 11.6 Å². The number of hydrogen-bond donors (Lipinski definition) is 0. The Bertz CT molecular complexity index is 948. The molecule has 0 radical (unpaired) electrons. The minimum atomic E-state index is -0.513. The maximum absolute atomic E-state index is 13.1. The van der Waals surface area contributed by atoms with Crippen molar-refractivity contribution in [1.29, 1.82) is 0 Å². The minimum absolute atomic E-state index is 0.0927. The number of carbonyl (C=O) groups excluding carboxylic acids is 3. The largest absolute Gasteiger partial charge is 0.496 e. The Morgan fingerprint density at radius 1 is 0.923 bits per heavy atom. The van der Waals surface area contributed by atoms with Crippen molar-refractivity contribution in [3.63, 3.8) is 0 Å². The molecular weight excluding hydrogens is 404 g/mol. The summed E-state index contributed by atoms with van der Waals surface area (Å²) in [6, 6.07) is 6.57. The molecule has 0 bridgehead atoms. The number of ketones is 2. The van der Waals surface area contributed by atoms with Crippen molar-refractivity contribution in [1.82, 2.24) is 0 Å². The predicted octanol–water partition coefficient (Wildman–Crippen LogP) is 2.96. The van der Waals surface area contributed by atoms with E-state index in [4.69, 9.17) is 14.2 Å². The smallest absolute Gasteiger partial charge is 0.310 e. The SMILES string of the molecule is COC(=O)Cc1c(Br)c(OC)c2c(c1OC)C(=O)c1ccccc1C2=O. The fraction of sp³-hybridized carbons (Fsp3) is 0.211. The summed E-state index contributed by atoms with van der Waals surface area (Å²) >= 11 is 3.38. The van der Waals surface area contributed by atoms with Gasteiger partial charge in [0.1, 0.15) is 11.5 Å². The number of halogens is 1. The molecule has 0 fully saturated rings. The molecule has 26 heavy (non-hydrogen) atoms. The van der Waals surface area contributed by atoms with E-state index >= 15 is 0 Å². The number of ether oxygens (including phenoxy) is 3. The molecule has 0 heterocycles. The van der Waals surface area contributed by atoms with Gasteiger partial charge >= 0.3 is 5.97 Å². The first kappa shape index (κ1) is 18.1. The second-order valence-electron chi connectivity index (χ2n) is 5.57. The zero-order valence-electron chi connectivity index (χ0n) is 14.3. The van der Waals surface area contributed by atoms with E-state index in [1.54, 1.807) is 24.3 Å². The molecule has 2 aromatic carbocycles. The Balaban J connectivity index is 2.38. The van der Waals surface area contributed by atoms with Gasteiger partial charge in [-0.15, -0.1) is 0 Å². The Morgan fingerprint density at radius 3 is 1.88 bits per heavy atom. The van der Waals surface area contributed by atoms with Crippen molar-refractivity contribution >= 4 is 33.5 Å². The van der Waals surface area contributed by atoms with Gasteiger partial charge in [0.2, 0.25) is 0 Å². The Kier molecular flexibility index (Phi) is 4.82. The fourth-order valence-corrected chi connectivity index (χ4v) is 3.78. The van der Waals surface area contributed by atoms with E-state index in [2.05, 4.69) is 15.9 Å². The first-order valence-electron chi connectivity index (χ1n) is 7.67. The summed E-state index contributed by atoms with van der Waals surface area (Å²) < 4.78 is 15.9. The lowest BCUT2D eigenvalue weighted by Crippen LogP contribution is -2.24. The summed E-state index contributed by atoms with van der Waals surface area (Å²) in [4.78, 5) is 38.0. The van der Waals surface area contributed by atoms with Gasteiger partial charge in [-0.05, 0) is 15.9 Å². The Hall–Kier alpha value is -2.67. The van der Waals surface area contributed by atoms with E-state index in [0.29, 0.717) is 15.6 Å². The summed E-state index contributed by atoms with van der Waals surface area (Å²) in [5.74, 6) is -0.862. The first-order valence-corrected chi connectivity index (χ1v) is 8.47. The number of hydrogen-bond acceptors (Lipinski definition) is 6. The lowest BCUT2D eigenvalue weighted by Gasteiger charge is -2.25. The summed E-state index contributed by atoms with van der Waals surface area (Å²) in [6.07, 6.45) is -0.146. The zero-order valence-corrected chi connectivity index (χ0v) is 15.9. The van der Waals surface area contributed by atoms with Crippen LogP contribution in [0.4, 0.5) is 0 Å². The van der Waals surface area contributed by atoms with Crippen LogP contribution in [0.1, 0.15) is 37.4 Å². The number of methoxy groups -OCH3 is 3. The van der Waals surface area contributed by atoms with Gasteiger partial charge < -0.3 is 14.2 Å². The molecule has 1 aliphatic carbocycles. The number of esters is 1. The number of rotatable bonds is 4. The van der Waals surface area contributed by atoms with E-state index in [9.17, 15) is 14.4 Å². The highest BCUT2D eigenvalue weighted by molar-refractivity contribution is 9.10. The molecule has 0 aliphatic heterocycles. The molecule has 0 atom stereocenters. The second kappa shape index (κ2) is 6.92. The van der Waals surface area contributed by atoms with Crippen LogP contribution in [0.15, 0.2) is 28.7 Å². The van der Waals surface area contributed by atoms with Gasteiger partial charge in [0, 0.05) is 16.7 Å². The van der Waals surface area contributed by atoms with Crippen LogP contribution in [-0.4, -0.2) is 38.9 Å². The number of carbonyl (C=O) groups is 3. The lowest BCUT2D eigenvalue weighted by atomic mass is 9.81. The monoisotopic (exact) mass is 418 g/mol. The van der Waals surface area contributed by atoms with Crippen LogP contribution in [0, 0.1) is 0 Å². The zero-order chi connectivity index (χ0) is 19.0. The molecule has 0 unspecified atom stereocenters. The maximum atomic E-state index is 13.1. The minimum Gasteiger partial charge on any atom is -0.496 e. The number of fused-ring (bicyclic) bond motifs is 2. The van der Waals surface area contributed by atoms with Gasteiger partial charge in [0.25, 0.3) is 0 Å². The topological polar surface area (TPSA) is 78.9 Å². The summed E-state index contributed by atoms with van der Waals surface area (Å²) in [5.41, 5.74) is 1.19. The first-order chi connectivity index (χ1) is 12.5. The molecule has 0 amide bonds. The average Bonchev–Trinajstić information content (AvgIpc) is 2.66. The molecule has 7 heteroatoms. The highest BCUT2D eigenvalue weighted by Crippen LogP contribution is 2.46. The van der Waals surface area contributed by atoms with Crippen LogP contribution in [0.3, 0.4) is 0 Å². The quantitative estimate of drug-likeness (QED) is 0.606. The summed E-state index contributed by atoms with van der Waals surface area (Å²) in [6.45, 7) is 0. The van der Waals surface area contributed by atoms with E-state index in [1.807, 2.05) is 0 Å². The van der Waals surface area contributed by atoms with Crippen LogP contribution < -0.4 is 9.47 Å². The van der Waals surface area contributed by atoms with Crippen molar-refractivity contribution in [2.24, 2.45) is 0 Å². The molecule has 0 saturated carbocycles. The molecule has 2 aromatic rings. The fourth-order valence-electron chi connectivity index (χ4n) is 3.10.